The number of rotatable bonds is 7. The SMILES string of the molecule is CC#Cc1ccc(-c2ccc(C(=O)C3CCC4CC35CC(C(O)CO)C(C5)C3(C#Cc5c(cc(O)c6c5NC(C(C)O)C=C6)CC4NC(N)=NC)CCCC3)s2)s1. The van der Waals surface area contributed by atoms with Crippen molar-refractivity contribution in [1.29, 1.82) is 0 Å². The molecule has 8 rings (SSSR count). The summed E-state index contributed by atoms with van der Waals surface area (Å²) in [4.78, 5) is 23.2. The maximum atomic E-state index is 15.0. The molecule has 9 nitrogen and oxygen atoms in total. The van der Waals surface area contributed by atoms with Crippen molar-refractivity contribution in [2.75, 3.05) is 19.0 Å². The first-order chi connectivity index (χ1) is 27.5. The first-order valence-electron chi connectivity index (χ1n) is 20.5. The van der Waals surface area contributed by atoms with Crippen LogP contribution in [0, 0.1) is 58.2 Å². The molecule has 11 heteroatoms. The second-order valence-electron chi connectivity index (χ2n) is 17.1. The highest BCUT2D eigenvalue weighted by molar-refractivity contribution is 7.23. The van der Waals surface area contributed by atoms with Crippen LogP contribution in [0.3, 0.4) is 0 Å². The van der Waals surface area contributed by atoms with E-state index >= 15 is 4.79 Å². The Morgan fingerprint density at radius 2 is 1.89 bits per heavy atom. The Balaban J connectivity index is 1.26. The Labute approximate surface area is 343 Å². The fourth-order valence-corrected chi connectivity index (χ4v) is 13.2. The highest BCUT2D eigenvalue weighted by atomic mass is 32.1. The predicted molar refractivity (Wildman–Crippen MR) is 229 cm³/mol. The first kappa shape index (κ1) is 39.7. The topological polar surface area (TPSA) is 160 Å². The largest absolute Gasteiger partial charge is 0.507 e. The normalized spacial score (nSPS) is 29.6. The number of Topliss-reactive ketones (excluding diaryl/α,β-unsaturated/α-hetero) is 1. The van der Waals surface area contributed by atoms with E-state index in [0.29, 0.717) is 36.5 Å². The van der Waals surface area contributed by atoms with Gasteiger partial charge in [0.05, 0.1) is 45.9 Å². The molecule has 3 saturated carbocycles. The van der Waals surface area contributed by atoms with Gasteiger partial charge in [-0.1, -0.05) is 42.8 Å². The van der Waals surface area contributed by atoms with E-state index in [1.54, 1.807) is 36.6 Å². The number of phenolic OH excluding ortho intramolecular Hbond substituents is 1. The van der Waals surface area contributed by atoms with Crippen LogP contribution in [0.2, 0.25) is 0 Å². The van der Waals surface area contributed by atoms with Crippen molar-refractivity contribution < 1.29 is 25.2 Å². The van der Waals surface area contributed by atoms with Gasteiger partial charge in [0.1, 0.15) is 5.75 Å². The van der Waals surface area contributed by atoms with Gasteiger partial charge in [0.15, 0.2) is 11.7 Å². The fraction of sp³-hybridized carbons (Fsp3) is 0.522. The van der Waals surface area contributed by atoms with E-state index in [-0.39, 0.29) is 53.9 Å². The first-order valence-corrected chi connectivity index (χ1v) is 22.1. The van der Waals surface area contributed by atoms with Gasteiger partial charge in [0, 0.05) is 39.7 Å². The van der Waals surface area contributed by atoms with Crippen molar-refractivity contribution >= 4 is 46.2 Å². The number of benzene rings is 1. The lowest BCUT2D eigenvalue weighted by Crippen LogP contribution is -2.50. The molecule has 9 unspecified atom stereocenters. The molecule has 3 bridgehead atoms. The van der Waals surface area contributed by atoms with Crippen molar-refractivity contribution in [3.63, 3.8) is 0 Å². The minimum absolute atomic E-state index is 0.0330. The third-order valence-corrected chi connectivity index (χ3v) is 16.2. The maximum Gasteiger partial charge on any atom is 0.188 e. The van der Waals surface area contributed by atoms with Crippen LogP contribution in [0.5, 0.6) is 5.75 Å². The molecule has 3 heterocycles. The number of thiophene rings is 2. The van der Waals surface area contributed by atoms with Crippen LogP contribution in [-0.2, 0) is 6.42 Å². The third-order valence-electron chi connectivity index (χ3n) is 13.9. The number of nitrogens with one attached hydrogen (secondary N) is 2. The standard InChI is InChI=1S/C46H54N4O5S2/c1-4-7-29-9-13-39(56-29)40-14-15-41(57-40)43(55)33-11-8-27-22-46(33)23-32(38(54)25-51)34(24-46)45(17-5-6-18-45)19-16-30-28(20-36(27)50-44(47)48-3)21-37(53)31-10-12-35(26(2)52)49-42(30)31/h9-10,12-15,21,26-27,32-36,38,49,51-54H,5-6,8,11,17-18,20,22-25H2,1-3H3,(H3,47,48,50). The Bertz CT molecular complexity index is 2210. The van der Waals surface area contributed by atoms with Crippen molar-refractivity contribution in [2.45, 2.75) is 102 Å². The van der Waals surface area contributed by atoms with Gasteiger partial charge >= 0.3 is 0 Å². The number of aromatic hydroxyl groups is 1. The molecule has 2 spiro atoms. The zero-order valence-corrected chi connectivity index (χ0v) is 34.6. The summed E-state index contributed by atoms with van der Waals surface area (Å²) < 4.78 is 0. The number of carbonyl (C=O) groups is 1. The van der Waals surface area contributed by atoms with Crippen LogP contribution < -0.4 is 16.4 Å². The monoisotopic (exact) mass is 806 g/mol. The molecule has 1 aliphatic heterocycles. The van der Waals surface area contributed by atoms with Crippen molar-refractivity contribution in [3.05, 3.63) is 62.9 Å². The number of phenols is 1. The molecule has 2 aromatic heterocycles. The number of aliphatic hydroxyl groups is 3. The zero-order chi connectivity index (χ0) is 40.1. The number of fused-ring (bicyclic) bond motifs is 6. The summed E-state index contributed by atoms with van der Waals surface area (Å²) in [5.74, 6) is 13.8. The number of aliphatic imine (C=N–C) groups is 1. The number of ketones is 1. The fourth-order valence-electron chi connectivity index (χ4n) is 11.2. The minimum atomic E-state index is -0.935. The van der Waals surface area contributed by atoms with Crippen LogP contribution >= 0.6 is 22.7 Å². The quantitative estimate of drug-likeness (QED) is 0.0596. The molecule has 0 radical (unpaired) electrons. The van der Waals surface area contributed by atoms with E-state index in [0.717, 1.165) is 75.6 Å². The van der Waals surface area contributed by atoms with Crippen LogP contribution in [0.25, 0.3) is 15.8 Å². The average molecular weight is 807 g/mol. The highest BCUT2D eigenvalue weighted by Gasteiger charge is 2.60. The predicted octanol–water partition coefficient (Wildman–Crippen LogP) is 6.78. The van der Waals surface area contributed by atoms with Gasteiger partial charge in [0.2, 0.25) is 0 Å². The number of carbonyl (C=O) groups excluding carboxylic acids is 1. The lowest BCUT2D eigenvalue weighted by molar-refractivity contribution is 0.00632. The third kappa shape index (κ3) is 7.32. The number of guanidine groups is 1. The smallest absolute Gasteiger partial charge is 0.188 e. The Kier molecular flexibility index (Phi) is 11.1. The number of nitrogens with two attached hydrogens (primary N) is 1. The molecule has 8 N–H and O–H groups in total. The Morgan fingerprint density at radius 1 is 1.12 bits per heavy atom. The van der Waals surface area contributed by atoms with E-state index in [2.05, 4.69) is 51.4 Å². The summed E-state index contributed by atoms with van der Waals surface area (Å²) >= 11 is 3.19. The molecule has 3 fully saturated rings. The Hall–Kier alpha value is -4.10. The van der Waals surface area contributed by atoms with Gasteiger partial charge < -0.3 is 36.8 Å². The van der Waals surface area contributed by atoms with E-state index in [1.165, 1.54) is 0 Å². The summed E-state index contributed by atoms with van der Waals surface area (Å²) in [7, 11) is 1.66. The van der Waals surface area contributed by atoms with Crippen molar-refractivity contribution in [2.24, 2.45) is 45.2 Å². The molecule has 1 aromatic carbocycles. The molecule has 0 saturated heterocycles. The molecule has 57 heavy (non-hydrogen) atoms. The molecular weight excluding hydrogens is 753 g/mol. The van der Waals surface area contributed by atoms with Crippen LogP contribution in [0.15, 0.2) is 41.4 Å². The van der Waals surface area contributed by atoms with Gasteiger partial charge in [0.25, 0.3) is 0 Å². The molecule has 300 valence electrons. The van der Waals surface area contributed by atoms with Crippen LogP contribution in [0.1, 0.15) is 103 Å². The summed E-state index contributed by atoms with van der Waals surface area (Å²) in [6, 6.07) is 9.44. The maximum absolute atomic E-state index is 15.0. The van der Waals surface area contributed by atoms with Gasteiger partial charge in [-0.05, 0) is 124 Å². The molecular formula is C46H54N4O5S2. The molecule has 0 amide bonds. The van der Waals surface area contributed by atoms with Gasteiger partial charge in [-0.15, -0.1) is 28.6 Å². The number of anilines is 1. The minimum Gasteiger partial charge on any atom is -0.507 e. The number of hydrogen-bond donors (Lipinski definition) is 7. The second-order valence-corrected chi connectivity index (χ2v) is 19.3. The molecule has 3 aromatic rings. The summed E-state index contributed by atoms with van der Waals surface area (Å²) in [5, 5.41) is 51.4. The van der Waals surface area contributed by atoms with E-state index in [4.69, 9.17) is 5.73 Å². The molecule has 9 atom stereocenters. The van der Waals surface area contributed by atoms with Crippen LogP contribution in [0.4, 0.5) is 5.69 Å². The summed E-state index contributed by atoms with van der Waals surface area (Å²) in [6.07, 6.45) is 10.0. The number of hydrogen-bond acceptors (Lipinski definition) is 9. The lowest BCUT2D eigenvalue weighted by Gasteiger charge is -2.47. The number of nitrogens with zero attached hydrogens (tertiary/aromatic N) is 1. The highest BCUT2D eigenvalue weighted by Crippen LogP contribution is 2.65. The van der Waals surface area contributed by atoms with Crippen LogP contribution in [-0.4, -0.2) is 70.1 Å². The Morgan fingerprint density at radius 3 is 2.63 bits per heavy atom. The molecule has 4 aliphatic carbocycles. The second kappa shape index (κ2) is 15.9. The van der Waals surface area contributed by atoms with Gasteiger partial charge in [-0.3, -0.25) is 9.79 Å². The van der Waals surface area contributed by atoms with Gasteiger partial charge in [-0.25, -0.2) is 0 Å². The molecule has 5 aliphatic rings. The van der Waals surface area contributed by atoms with E-state index in [1.807, 2.05) is 37.3 Å². The van der Waals surface area contributed by atoms with Crippen molar-refractivity contribution in [1.82, 2.24) is 5.32 Å². The lowest BCUT2D eigenvalue weighted by atomic mass is 9.57. The van der Waals surface area contributed by atoms with E-state index in [9.17, 15) is 20.4 Å². The summed E-state index contributed by atoms with van der Waals surface area (Å²) in [6.45, 7) is 3.23. The zero-order valence-electron chi connectivity index (χ0n) is 33.0. The number of aliphatic hydroxyl groups excluding tert-OH is 3. The van der Waals surface area contributed by atoms with Crippen molar-refractivity contribution in [3.8, 4) is 39.2 Å². The average Bonchev–Trinajstić information content (AvgIpc) is 4.04. The van der Waals surface area contributed by atoms with Gasteiger partial charge in [-0.2, -0.15) is 0 Å². The summed E-state index contributed by atoms with van der Waals surface area (Å²) in [5.41, 5.74) is 8.61. The van der Waals surface area contributed by atoms with E-state index < -0.39 is 23.0 Å².